The summed E-state index contributed by atoms with van der Waals surface area (Å²) < 4.78 is 0. The highest BCUT2D eigenvalue weighted by Gasteiger charge is 2.27. The minimum absolute atomic E-state index is 0.0327. The van der Waals surface area contributed by atoms with Crippen LogP contribution in [-0.4, -0.2) is 49.5 Å². The van der Waals surface area contributed by atoms with Crippen molar-refractivity contribution in [1.29, 1.82) is 0 Å². The second-order valence-electron chi connectivity index (χ2n) is 7.21. The number of hydrogen-bond acceptors (Lipinski definition) is 8. The standard InChI is InChI=1S/C18H24N6O6/c1-11(2)5-13(9-25)21-18(26)16(6-12-8-19-10-20-12)22-15-4-3-14(23(27)28)7-17(15)24(29)30/h3-4,7-8,10-11,13,16,22,25H,5-6,9H2,1-2H3,(H,19,20)(H,21,26)/t13-,16-/m0/s1. The number of aliphatic hydroxyl groups excluding tert-OH is 1. The molecule has 0 radical (unpaired) electrons. The molecule has 0 aliphatic heterocycles. The summed E-state index contributed by atoms with van der Waals surface area (Å²) in [6.45, 7) is 3.66. The van der Waals surface area contributed by atoms with Gasteiger partial charge in [-0.3, -0.25) is 25.0 Å². The Bertz CT molecular complexity index is 885. The summed E-state index contributed by atoms with van der Waals surface area (Å²) in [7, 11) is 0. The Kier molecular flexibility index (Phi) is 7.81. The molecular weight excluding hydrogens is 396 g/mol. The first kappa shape index (κ1) is 22.7. The van der Waals surface area contributed by atoms with Gasteiger partial charge in [0, 0.05) is 24.4 Å². The molecular formula is C18H24N6O6. The Hall–Kier alpha value is -3.54. The number of benzene rings is 1. The summed E-state index contributed by atoms with van der Waals surface area (Å²) in [5.74, 6) is -0.242. The molecule has 0 spiro atoms. The monoisotopic (exact) mass is 420 g/mol. The summed E-state index contributed by atoms with van der Waals surface area (Å²) in [5.41, 5.74) is -0.377. The summed E-state index contributed by atoms with van der Waals surface area (Å²) in [6.07, 6.45) is 3.63. The number of carbonyl (C=O) groups is 1. The smallest absolute Gasteiger partial charge is 0.299 e. The van der Waals surface area contributed by atoms with Gasteiger partial charge >= 0.3 is 0 Å². The van der Waals surface area contributed by atoms with E-state index in [4.69, 9.17) is 0 Å². The molecule has 2 aromatic rings. The Morgan fingerprint density at radius 1 is 1.27 bits per heavy atom. The number of H-pyrrole nitrogens is 1. The van der Waals surface area contributed by atoms with Gasteiger partial charge in [0.25, 0.3) is 11.4 Å². The number of nitro benzene ring substituents is 2. The van der Waals surface area contributed by atoms with Crippen molar-refractivity contribution in [3.8, 4) is 0 Å². The van der Waals surface area contributed by atoms with Crippen molar-refractivity contribution in [2.24, 2.45) is 5.92 Å². The summed E-state index contributed by atoms with van der Waals surface area (Å²) >= 11 is 0. The lowest BCUT2D eigenvalue weighted by Gasteiger charge is -2.23. The number of anilines is 1. The molecule has 0 fully saturated rings. The van der Waals surface area contributed by atoms with Gasteiger partial charge < -0.3 is 20.7 Å². The largest absolute Gasteiger partial charge is 0.394 e. The zero-order chi connectivity index (χ0) is 22.3. The van der Waals surface area contributed by atoms with E-state index in [1.807, 2.05) is 13.8 Å². The lowest BCUT2D eigenvalue weighted by Crippen LogP contribution is -2.47. The van der Waals surface area contributed by atoms with E-state index in [-0.39, 0.29) is 24.6 Å². The Morgan fingerprint density at radius 2 is 2.00 bits per heavy atom. The molecule has 0 aliphatic rings. The number of carbonyl (C=O) groups excluding carboxylic acids is 1. The molecule has 0 aliphatic carbocycles. The lowest BCUT2D eigenvalue weighted by atomic mass is 10.0. The first-order chi connectivity index (χ1) is 14.2. The van der Waals surface area contributed by atoms with E-state index >= 15 is 0 Å². The van der Waals surface area contributed by atoms with E-state index in [0.717, 1.165) is 12.1 Å². The fraction of sp³-hybridized carbons (Fsp3) is 0.444. The lowest BCUT2D eigenvalue weighted by molar-refractivity contribution is -0.393. The van der Waals surface area contributed by atoms with E-state index in [1.54, 1.807) is 0 Å². The highest BCUT2D eigenvalue weighted by atomic mass is 16.6. The third kappa shape index (κ3) is 6.24. The van der Waals surface area contributed by atoms with E-state index in [2.05, 4.69) is 20.6 Å². The molecule has 0 bridgehead atoms. The summed E-state index contributed by atoms with van der Waals surface area (Å²) in [4.78, 5) is 40.5. The van der Waals surface area contributed by atoms with Crippen LogP contribution in [0.3, 0.4) is 0 Å². The van der Waals surface area contributed by atoms with Gasteiger partial charge in [-0.15, -0.1) is 0 Å². The normalized spacial score (nSPS) is 12.9. The molecule has 2 rings (SSSR count). The van der Waals surface area contributed by atoms with E-state index in [1.165, 1.54) is 18.6 Å². The number of rotatable bonds is 11. The molecule has 1 aromatic heterocycles. The highest BCUT2D eigenvalue weighted by Crippen LogP contribution is 2.29. The number of nitro groups is 2. The minimum Gasteiger partial charge on any atom is -0.394 e. The highest BCUT2D eigenvalue weighted by molar-refractivity contribution is 5.86. The molecule has 1 amide bonds. The predicted molar refractivity (Wildman–Crippen MR) is 108 cm³/mol. The molecule has 4 N–H and O–H groups in total. The SMILES string of the molecule is CC(C)C[C@@H](CO)NC(=O)[C@H](Cc1cnc[nH]1)Nc1ccc([N+](=O)[O-])cc1[N+](=O)[O-]. The van der Waals surface area contributed by atoms with Gasteiger partial charge in [0.2, 0.25) is 5.91 Å². The molecule has 12 heteroatoms. The van der Waals surface area contributed by atoms with Gasteiger partial charge in [0.1, 0.15) is 11.7 Å². The number of amides is 1. The molecule has 0 saturated heterocycles. The maximum absolute atomic E-state index is 12.9. The number of hydrogen-bond donors (Lipinski definition) is 4. The maximum Gasteiger partial charge on any atom is 0.299 e. The van der Waals surface area contributed by atoms with Crippen molar-refractivity contribution in [3.05, 3.63) is 56.6 Å². The maximum atomic E-state index is 12.9. The number of aromatic nitrogens is 2. The zero-order valence-electron chi connectivity index (χ0n) is 16.6. The van der Waals surface area contributed by atoms with E-state index < -0.39 is 39.2 Å². The molecule has 0 unspecified atom stereocenters. The van der Waals surface area contributed by atoms with Crippen molar-refractivity contribution in [1.82, 2.24) is 15.3 Å². The van der Waals surface area contributed by atoms with Crippen molar-refractivity contribution in [2.75, 3.05) is 11.9 Å². The molecule has 12 nitrogen and oxygen atoms in total. The Labute approximate surface area is 172 Å². The summed E-state index contributed by atoms with van der Waals surface area (Å²) in [6, 6.07) is 1.72. The molecule has 30 heavy (non-hydrogen) atoms. The van der Waals surface area contributed by atoms with Crippen LogP contribution in [0.25, 0.3) is 0 Å². The van der Waals surface area contributed by atoms with Gasteiger partial charge in [-0.05, 0) is 18.4 Å². The van der Waals surface area contributed by atoms with Crippen molar-refractivity contribution < 1.29 is 19.7 Å². The fourth-order valence-corrected chi connectivity index (χ4v) is 2.97. The van der Waals surface area contributed by atoms with Crippen LogP contribution in [0.5, 0.6) is 0 Å². The van der Waals surface area contributed by atoms with Crippen molar-refractivity contribution in [2.45, 2.75) is 38.8 Å². The van der Waals surface area contributed by atoms with Gasteiger partial charge in [-0.1, -0.05) is 13.8 Å². The molecule has 162 valence electrons. The second-order valence-corrected chi connectivity index (χ2v) is 7.21. The Balaban J connectivity index is 2.30. The van der Waals surface area contributed by atoms with Crippen LogP contribution < -0.4 is 10.6 Å². The van der Waals surface area contributed by atoms with Crippen LogP contribution in [0.15, 0.2) is 30.7 Å². The van der Waals surface area contributed by atoms with Gasteiger partial charge in [-0.25, -0.2) is 4.98 Å². The molecule has 1 aromatic carbocycles. The van der Waals surface area contributed by atoms with Crippen LogP contribution in [0.2, 0.25) is 0 Å². The van der Waals surface area contributed by atoms with Crippen molar-refractivity contribution in [3.63, 3.8) is 0 Å². The van der Waals surface area contributed by atoms with Crippen molar-refractivity contribution >= 4 is 23.0 Å². The zero-order valence-corrected chi connectivity index (χ0v) is 16.6. The fourth-order valence-electron chi connectivity index (χ4n) is 2.97. The number of aromatic amines is 1. The number of aliphatic hydroxyl groups is 1. The quantitative estimate of drug-likeness (QED) is 0.314. The summed E-state index contributed by atoms with van der Waals surface area (Å²) in [5, 5.41) is 37.4. The number of nitrogens with zero attached hydrogens (tertiary/aromatic N) is 3. The molecule has 2 atom stereocenters. The predicted octanol–water partition coefficient (Wildman–Crippen LogP) is 1.77. The second kappa shape index (κ2) is 10.3. The van der Waals surface area contributed by atoms with Gasteiger partial charge in [0.15, 0.2) is 0 Å². The third-order valence-corrected chi connectivity index (χ3v) is 4.34. The first-order valence-electron chi connectivity index (χ1n) is 9.29. The van der Waals surface area contributed by atoms with Crippen LogP contribution in [-0.2, 0) is 11.2 Å². The molecule has 0 saturated carbocycles. The number of imidazole rings is 1. The molecule has 1 heterocycles. The average molecular weight is 420 g/mol. The minimum atomic E-state index is -0.952. The Morgan fingerprint density at radius 3 is 2.53 bits per heavy atom. The number of non-ortho nitro benzene ring substituents is 1. The van der Waals surface area contributed by atoms with Crippen LogP contribution in [0.1, 0.15) is 26.0 Å². The van der Waals surface area contributed by atoms with Crippen LogP contribution in [0.4, 0.5) is 17.1 Å². The van der Waals surface area contributed by atoms with Gasteiger partial charge in [0.05, 0.1) is 34.9 Å². The third-order valence-electron chi connectivity index (χ3n) is 4.34. The van der Waals surface area contributed by atoms with Gasteiger partial charge in [-0.2, -0.15) is 0 Å². The topological polar surface area (TPSA) is 176 Å². The van der Waals surface area contributed by atoms with Crippen LogP contribution >= 0.6 is 0 Å². The first-order valence-corrected chi connectivity index (χ1v) is 9.29. The number of nitrogens with one attached hydrogen (secondary N) is 3. The van der Waals surface area contributed by atoms with E-state index in [9.17, 15) is 30.1 Å². The van der Waals surface area contributed by atoms with Crippen LogP contribution in [0, 0.1) is 26.1 Å². The van der Waals surface area contributed by atoms with E-state index in [0.29, 0.717) is 12.1 Å². The average Bonchev–Trinajstić information content (AvgIpc) is 3.19.